The second kappa shape index (κ2) is 10.9. The van der Waals surface area contributed by atoms with Gasteiger partial charge in [-0.3, -0.25) is 4.99 Å². The molecule has 1 aromatic carbocycles. The average Bonchev–Trinajstić information content (AvgIpc) is 2.59. The molecule has 0 heterocycles. The van der Waals surface area contributed by atoms with Crippen molar-refractivity contribution in [2.75, 3.05) is 40.8 Å². The molecule has 130 valence electrons. The fraction of sp³-hybridized carbons (Fsp3) is 0.611. The molecular weight excluding hydrogens is 288 g/mol. The van der Waals surface area contributed by atoms with Crippen molar-refractivity contribution in [3.05, 3.63) is 29.8 Å². The summed E-state index contributed by atoms with van der Waals surface area (Å²) in [6.45, 7) is 7.17. The maximum atomic E-state index is 5.37. The number of ether oxygens (including phenoxy) is 1. The lowest BCUT2D eigenvalue weighted by atomic mass is 10.1. The quantitative estimate of drug-likeness (QED) is 0.541. The second-order valence-corrected chi connectivity index (χ2v) is 5.73. The summed E-state index contributed by atoms with van der Waals surface area (Å²) in [6.07, 6.45) is 2.07. The van der Waals surface area contributed by atoms with Gasteiger partial charge in [0.05, 0.1) is 7.11 Å². The van der Waals surface area contributed by atoms with Gasteiger partial charge < -0.3 is 20.3 Å². The van der Waals surface area contributed by atoms with Crippen LogP contribution in [-0.4, -0.2) is 57.7 Å². The number of aliphatic imine (C=N–C) groups is 1. The molecule has 1 atom stereocenters. The van der Waals surface area contributed by atoms with E-state index in [0.29, 0.717) is 6.04 Å². The second-order valence-electron chi connectivity index (χ2n) is 5.73. The molecule has 0 aromatic heterocycles. The van der Waals surface area contributed by atoms with Crippen molar-refractivity contribution in [1.29, 1.82) is 0 Å². The van der Waals surface area contributed by atoms with Gasteiger partial charge in [0.15, 0.2) is 5.96 Å². The summed E-state index contributed by atoms with van der Waals surface area (Å²) in [4.78, 5) is 6.62. The predicted octanol–water partition coefficient (Wildman–Crippen LogP) is 2.13. The van der Waals surface area contributed by atoms with Gasteiger partial charge in [-0.1, -0.05) is 25.1 Å². The maximum absolute atomic E-state index is 5.37. The van der Waals surface area contributed by atoms with Gasteiger partial charge in [-0.25, -0.2) is 0 Å². The highest BCUT2D eigenvalue weighted by Gasteiger charge is 2.06. The lowest BCUT2D eigenvalue weighted by Gasteiger charge is -2.24. The van der Waals surface area contributed by atoms with Gasteiger partial charge in [-0.15, -0.1) is 0 Å². The first kappa shape index (κ1) is 19.3. The summed E-state index contributed by atoms with van der Waals surface area (Å²) in [5.74, 6) is 1.78. The zero-order valence-electron chi connectivity index (χ0n) is 15.2. The molecule has 1 unspecified atom stereocenters. The van der Waals surface area contributed by atoms with E-state index >= 15 is 0 Å². The minimum atomic E-state index is 0.609. The monoisotopic (exact) mass is 320 g/mol. The molecule has 0 aliphatic heterocycles. The van der Waals surface area contributed by atoms with E-state index in [9.17, 15) is 0 Å². The van der Waals surface area contributed by atoms with E-state index in [2.05, 4.69) is 47.5 Å². The highest BCUT2D eigenvalue weighted by molar-refractivity contribution is 5.79. The van der Waals surface area contributed by atoms with Crippen molar-refractivity contribution in [3.63, 3.8) is 0 Å². The van der Waals surface area contributed by atoms with Crippen LogP contribution < -0.4 is 15.4 Å². The number of methoxy groups -OCH3 is 1. The van der Waals surface area contributed by atoms with Crippen LogP contribution in [0.25, 0.3) is 0 Å². The molecule has 0 saturated carbocycles. The molecule has 23 heavy (non-hydrogen) atoms. The van der Waals surface area contributed by atoms with Gasteiger partial charge in [-0.2, -0.15) is 0 Å². The molecule has 0 aliphatic carbocycles. The van der Waals surface area contributed by atoms with Gasteiger partial charge in [0.1, 0.15) is 5.75 Å². The van der Waals surface area contributed by atoms with Crippen LogP contribution in [0.2, 0.25) is 0 Å². The van der Waals surface area contributed by atoms with E-state index in [-0.39, 0.29) is 0 Å². The number of rotatable bonds is 9. The summed E-state index contributed by atoms with van der Waals surface area (Å²) in [6, 6.07) is 8.72. The molecule has 5 heteroatoms. The zero-order chi connectivity index (χ0) is 17.1. The SMILES string of the molecule is CCC(C)N(C)CCNC(=NC)NCCc1ccccc1OC. The normalized spacial score (nSPS) is 13.0. The maximum Gasteiger partial charge on any atom is 0.191 e. The Kier molecular flexibility index (Phi) is 9.14. The number of hydrogen-bond donors (Lipinski definition) is 2. The Balaban J connectivity index is 2.32. The van der Waals surface area contributed by atoms with Crippen molar-refractivity contribution < 1.29 is 4.74 Å². The minimum Gasteiger partial charge on any atom is -0.496 e. The first-order chi connectivity index (χ1) is 11.1. The van der Waals surface area contributed by atoms with Crippen molar-refractivity contribution in [2.24, 2.45) is 4.99 Å². The zero-order valence-corrected chi connectivity index (χ0v) is 15.2. The minimum absolute atomic E-state index is 0.609. The van der Waals surface area contributed by atoms with Crippen LogP contribution in [0.5, 0.6) is 5.75 Å². The standard InChI is InChI=1S/C18H32N4O/c1-6-15(2)22(4)14-13-21-18(19-3)20-12-11-16-9-7-8-10-17(16)23-5/h7-10,15H,6,11-14H2,1-5H3,(H2,19,20,21). The van der Waals surface area contributed by atoms with Gasteiger partial charge in [0.25, 0.3) is 0 Å². The molecule has 1 rings (SSSR count). The van der Waals surface area contributed by atoms with Crippen LogP contribution >= 0.6 is 0 Å². The molecule has 0 amide bonds. The van der Waals surface area contributed by atoms with Gasteiger partial charge in [0.2, 0.25) is 0 Å². The lowest BCUT2D eigenvalue weighted by molar-refractivity contribution is 0.255. The van der Waals surface area contributed by atoms with Gasteiger partial charge in [-0.05, 0) is 38.4 Å². The third kappa shape index (κ3) is 6.91. The summed E-state index contributed by atoms with van der Waals surface area (Å²) in [7, 11) is 5.67. The number of para-hydroxylation sites is 1. The molecule has 1 aromatic rings. The Hall–Kier alpha value is -1.75. The smallest absolute Gasteiger partial charge is 0.191 e. The number of benzene rings is 1. The van der Waals surface area contributed by atoms with E-state index < -0.39 is 0 Å². The van der Waals surface area contributed by atoms with Gasteiger partial charge >= 0.3 is 0 Å². The van der Waals surface area contributed by atoms with Crippen LogP contribution in [0.15, 0.2) is 29.3 Å². The Morgan fingerprint density at radius 3 is 2.61 bits per heavy atom. The molecule has 0 aliphatic rings. The number of nitrogens with zero attached hydrogens (tertiary/aromatic N) is 2. The van der Waals surface area contributed by atoms with E-state index in [1.165, 1.54) is 12.0 Å². The topological polar surface area (TPSA) is 48.9 Å². The first-order valence-corrected chi connectivity index (χ1v) is 8.39. The molecule has 0 bridgehead atoms. The first-order valence-electron chi connectivity index (χ1n) is 8.39. The molecule has 0 spiro atoms. The summed E-state index contributed by atoms with van der Waals surface area (Å²) in [5.41, 5.74) is 1.20. The Bertz CT molecular complexity index is 476. The largest absolute Gasteiger partial charge is 0.496 e. The number of guanidine groups is 1. The van der Waals surface area contributed by atoms with Crippen molar-refractivity contribution in [2.45, 2.75) is 32.7 Å². The molecular formula is C18H32N4O. The van der Waals surface area contributed by atoms with E-state index in [1.807, 2.05) is 18.2 Å². The van der Waals surface area contributed by atoms with Crippen molar-refractivity contribution >= 4 is 5.96 Å². The third-order valence-electron chi connectivity index (χ3n) is 4.20. The van der Waals surface area contributed by atoms with Gasteiger partial charge in [0, 0.05) is 32.7 Å². The summed E-state index contributed by atoms with van der Waals surface area (Å²) >= 11 is 0. The van der Waals surface area contributed by atoms with Crippen molar-refractivity contribution in [3.8, 4) is 5.75 Å². The fourth-order valence-electron chi connectivity index (χ4n) is 2.33. The molecule has 0 radical (unpaired) electrons. The van der Waals surface area contributed by atoms with Crippen LogP contribution in [0.4, 0.5) is 0 Å². The highest BCUT2D eigenvalue weighted by Crippen LogP contribution is 2.17. The Morgan fingerprint density at radius 1 is 1.26 bits per heavy atom. The van der Waals surface area contributed by atoms with Crippen molar-refractivity contribution in [1.82, 2.24) is 15.5 Å². The molecule has 2 N–H and O–H groups in total. The van der Waals surface area contributed by atoms with Crippen LogP contribution in [0.1, 0.15) is 25.8 Å². The van der Waals surface area contributed by atoms with Crippen LogP contribution in [0, 0.1) is 0 Å². The highest BCUT2D eigenvalue weighted by atomic mass is 16.5. The molecule has 0 fully saturated rings. The third-order valence-corrected chi connectivity index (χ3v) is 4.20. The Labute approximate surface area is 141 Å². The molecule has 5 nitrogen and oxygen atoms in total. The van der Waals surface area contributed by atoms with E-state index in [0.717, 1.165) is 37.8 Å². The van der Waals surface area contributed by atoms with E-state index in [1.54, 1.807) is 14.2 Å². The lowest BCUT2D eigenvalue weighted by Crippen LogP contribution is -2.42. The van der Waals surface area contributed by atoms with E-state index in [4.69, 9.17) is 4.74 Å². The fourth-order valence-corrected chi connectivity index (χ4v) is 2.33. The van der Waals surface area contributed by atoms with Crippen LogP contribution in [0.3, 0.4) is 0 Å². The van der Waals surface area contributed by atoms with Crippen LogP contribution in [-0.2, 0) is 6.42 Å². The summed E-state index contributed by atoms with van der Waals surface area (Å²) in [5, 5.41) is 6.71. The molecule has 0 saturated heterocycles. The number of hydrogen-bond acceptors (Lipinski definition) is 3. The Morgan fingerprint density at radius 2 is 1.96 bits per heavy atom. The number of likely N-dealkylation sites (N-methyl/N-ethyl adjacent to an activating group) is 1. The predicted molar refractivity (Wildman–Crippen MR) is 98.4 cm³/mol. The summed E-state index contributed by atoms with van der Waals surface area (Å²) < 4.78 is 5.37. The number of nitrogens with one attached hydrogen (secondary N) is 2. The average molecular weight is 320 g/mol.